The second-order valence-electron chi connectivity index (χ2n) is 3.40. The maximum Gasteiger partial charge on any atom is 0.122 e. The van der Waals surface area contributed by atoms with E-state index in [1.165, 1.54) is 0 Å². The molecule has 0 saturated heterocycles. The number of aliphatic hydroxyl groups excluding tert-OH is 1. The third-order valence-corrected chi connectivity index (χ3v) is 2.29. The highest BCUT2D eigenvalue weighted by Gasteiger charge is 2.09. The molecule has 0 aliphatic heterocycles. The van der Waals surface area contributed by atoms with Gasteiger partial charge in [0.15, 0.2) is 0 Å². The van der Waals surface area contributed by atoms with Gasteiger partial charge in [-0.25, -0.2) is 0 Å². The fourth-order valence-electron chi connectivity index (χ4n) is 1.45. The van der Waals surface area contributed by atoms with Gasteiger partial charge in [-0.15, -0.1) is 0 Å². The molecule has 78 valence electrons. The molecule has 0 spiro atoms. The van der Waals surface area contributed by atoms with Gasteiger partial charge in [0.2, 0.25) is 0 Å². The van der Waals surface area contributed by atoms with E-state index >= 15 is 0 Å². The predicted octanol–water partition coefficient (Wildman–Crippen LogP) is 0.866. The van der Waals surface area contributed by atoms with Gasteiger partial charge in [0.25, 0.3) is 0 Å². The zero-order chi connectivity index (χ0) is 10.6. The molecule has 0 saturated carbocycles. The molecule has 0 bridgehead atoms. The van der Waals surface area contributed by atoms with Crippen molar-refractivity contribution in [2.45, 2.75) is 19.4 Å². The summed E-state index contributed by atoms with van der Waals surface area (Å²) < 4.78 is 5.23. The molecule has 0 amide bonds. The normalized spacial score (nSPS) is 12.6. The van der Waals surface area contributed by atoms with E-state index in [4.69, 9.17) is 15.6 Å². The van der Waals surface area contributed by atoms with E-state index in [-0.39, 0.29) is 12.6 Å². The number of hydrogen-bond donors (Lipinski definition) is 2. The number of ether oxygens (including phenoxy) is 1. The highest BCUT2D eigenvalue weighted by atomic mass is 16.5. The van der Waals surface area contributed by atoms with Crippen molar-refractivity contribution in [2.24, 2.45) is 5.73 Å². The maximum atomic E-state index is 8.88. The summed E-state index contributed by atoms with van der Waals surface area (Å²) in [5.41, 5.74) is 7.92. The second kappa shape index (κ2) is 4.98. The van der Waals surface area contributed by atoms with Crippen LogP contribution in [0.4, 0.5) is 0 Å². The molecule has 1 unspecified atom stereocenters. The fourth-order valence-corrected chi connectivity index (χ4v) is 1.45. The van der Waals surface area contributed by atoms with Gasteiger partial charge in [0, 0.05) is 6.04 Å². The first-order valence-corrected chi connectivity index (χ1v) is 4.68. The Morgan fingerprint density at radius 2 is 2.21 bits per heavy atom. The molecule has 0 heterocycles. The van der Waals surface area contributed by atoms with Crippen LogP contribution in [0.1, 0.15) is 11.1 Å². The zero-order valence-corrected chi connectivity index (χ0v) is 8.66. The SMILES string of the molecule is COc1cccc(C)c1CC(N)CO. The Kier molecular flexibility index (Phi) is 3.92. The predicted molar refractivity (Wildman–Crippen MR) is 56.5 cm³/mol. The van der Waals surface area contributed by atoms with Gasteiger partial charge in [-0.05, 0) is 30.5 Å². The van der Waals surface area contributed by atoms with Gasteiger partial charge in [0.05, 0.1) is 13.7 Å². The van der Waals surface area contributed by atoms with Crippen LogP contribution < -0.4 is 10.5 Å². The molecule has 0 fully saturated rings. The minimum atomic E-state index is -0.218. The summed E-state index contributed by atoms with van der Waals surface area (Å²) in [4.78, 5) is 0. The van der Waals surface area contributed by atoms with Crippen LogP contribution in [-0.4, -0.2) is 24.9 Å². The monoisotopic (exact) mass is 195 g/mol. The molecule has 1 atom stereocenters. The van der Waals surface area contributed by atoms with E-state index in [1.54, 1.807) is 7.11 Å². The van der Waals surface area contributed by atoms with Crippen LogP contribution in [-0.2, 0) is 6.42 Å². The summed E-state index contributed by atoms with van der Waals surface area (Å²) in [6, 6.07) is 5.65. The molecular formula is C11H17NO2. The largest absolute Gasteiger partial charge is 0.496 e. The van der Waals surface area contributed by atoms with Gasteiger partial charge < -0.3 is 15.6 Å². The Hall–Kier alpha value is -1.06. The van der Waals surface area contributed by atoms with E-state index < -0.39 is 0 Å². The fraction of sp³-hybridized carbons (Fsp3) is 0.455. The molecule has 14 heavy (non-hydrogen) atoms. The molecule has 0 aromatic heterocycles. The lowest BCUT2D eigenvalue weighted by molar-refractivity contribution is 0.264. The molecule has 3 N–H and O–H groups in total. The van der Waals surface area contributed by atoms with Crippen LogP contribution in [0.3, 0.4) is 0 Å². The number of benzene rings is 1. The van der Waals surface area contributed by atoms with Crippen LogP contribution in [0, 0.1) is 6.92 Å². The molecule has 0 aliphatic rings. The van der Waals surface area contributed by atoms with Gasteiger partial charge >= 0.3 is 0 Å². The summed E-state index contributed by atoms with van der Waals surface area (Å²) >= 11 is 0. The first-order chi connectivity index (χ1) is 6.69. The molecule has 1 rings (SSSR count). The van der Waals surface area contributed by atoms with E-state index in [1.807, 2.05) is 25.1 Å². The Bertz CT molecular complexity index is 299. The number of nitrogens with two attached hydrogens (primary N) is 1. The standard InChI is InChI=1S/C11H17NO2/c1-8-4-3-5-11(14-2)10(8)6-9(12)7-13/h3-5,9,13H,6-7,12H2,1-2H3. The van der Waals surface area contributed by atoms with Crippen LogP contribution in [0.5, 0.6) is 5.75 Å². The highest BCUT2D eigenvalue weighted by molar-refractivity contribution is 5.40. The van der Waals surface area contributed by atoms with Crippen LogP contribution in [0.25, 0.3) is 0 Å². The first kappa shape index (κ1) is 11.0. The summed E-state index contributed by atoms with van der Waals surface area (Å²) in [6.45, 7) is 2.01. The first-order valence-electron chi connectivity index (χ1n) is 4.68. The van der Waals surface area contributed by atoms with E-state index in [2.05, 4.69) is 0 Å². The quantitative estimate of drug-likeness (QED) is 0.749. The number of methoxy groups -OCH3 is 1. The average Bonchev–Trinajstić information content (AvgIpc) is 2.20. The second-order valence-corrected chi connectivity index (χ2v) is 3.40. The molecule has 0 radical (unpaired) electrons. The van der Waals surface area contributed by atoms with Gasteiger partial charge in [-0.2, -0.15) is 0 Å². The van der Waals surface area contributed by atoms with E-state index in [9.17, 15) is 0 Å². The lowest BCUT2D eigenvalue weighted by Crippen LogP contribution is -2.27. The third kappa shape index (κ3) is 2.47. The van der Waals surface area contributed by atoms with Crippen LogP contribution in [0.2, 0.25) is 0 Å². The lowest BCUT2D eigenvalue weighted by atomic mass is 10.0. The van der Waals surface area contributed by atoms with Crippen molar-refractivity contribution in [1.82, 2.24) is 0 Å². The summed E-state index contributed by atoms with van der Waals surface area (Å²) in [6.07, 6.45) is 0.645. The molecule has 3 heteroatoms. The maximum absolute atomic E-state index is 8.88. The van der Waals surface area contributed by atoms with Crippen molar-refractivity contribution in [2.75, 3.05) is 13.7 Å². The Labute approximate surface area is 84.5 Å². The van der Waals surface area contributed by atoms with Crippen LogP contribution >= 0.6 is 0 Å². The topological polar surface area (TPSA) is 55.5 Å². The number of aryl methyl sites for hydroxylation is 1. The van der Waals surface area contributed by atoms with Crippen molar-refractivity contribution in [1.29, 1.82) is 0 Å². The molecule has 1 aromatic carbocycles. The highest BCUT2D eigenvalue weighted by Crippen LogP contribution is 2.22. The minimum Gasteiger partial charge on any atom is -0.496 e. The zero-order valence-electron chi connectivity index (χ0n) is 8.66. The summed E-state index contributed by atoms with van der Waals surface area (Å²) in [5, 5.41) is 8.88. The van der Waals surface area contributed by atoms with Gasteiger partial charge in [-0.3, -0.25) is 0 Å². The van der Waals surface area contributed by atoms with Gasteiger partial charge in [0.1, 0.15) is 5.75 Å². The number of hydrogen-bond acceptors (Lipinski definition) is 3. The molecule has 3 nitrogen and oxygen atoms in total. The Balaban J connectivity index is 2.92. The minimum absolute atomic E-state index is 0.00249. The summed E-state index contributed by atoms with van der Waals surface area (Å²) in [5.74, 6) is 0.842. The third-order valence-electron chi connectivity index (χ3n) is 2.29. The summed E-state index contributed by atoms with van der Waals surface area (Å²) in [7, 11) is 1.64. The van der Waals surface area contributed by atoms with Crippen molar-refractivity contribution < 1.29 is 9.84 Å². The Morgan fingerprint density at radius 3 is 2.79 bits per heavy atom. The number of rotatable bonds is 4. The van der Waals surface area contributed by atoms with Gasteiger partial charge in [-0.1, -0.05) is 12.1 Å². The van der Waals surface area contributed by atoms with Crippen molar-refractivity contribution >= 4 is 0 Å². The lowest BCUT2D eigenvalue weighted by Gasteiger charge is -2.14. The molecular weight excluding hydrogens is 178 g/mol. The van der Waals surface area contributed by atoms with Crippen molar-refractivity contribution in [3.05, 3.63) is 29.3 Å². The van der Waals surface area contributed by atoms with E-state index in [0.717, 1.165) is 16.9 Å². The van der Waals surface area contributed by atoms with E-state index in [0.29, 0.717) is 6.42 Å². The molecule has 1 aromatic rings. The molecule has 0 aliphatic carbocycles. The van der Waals surface area contributed by atoms with Crippen LogP contribution in [0.15, 0.2) is 18.2 Å². The smallest absolute Gasteiger partial charge is 0.122 e. The van der Waals surface area contributed by atoms with Crippen molar-refractivity contribution in [3.8, 4) is 5.75 Å². The Morgan fingerprint density at radius 1 is 1.50 bits per heavy atom. The van der Waals surface area contributed by atoms with Crippen molar-refractivity contribution in [3.63, 3.8) is 0 Å². The average molecular weight is 195 g/mol. The number of aliphatic hydroxyl groups is 1.